The number of carbonyl (C=O) groups excluding carboxylic acids is 1. The standard InChI is InChI=1S/C26H21N3O3/c1-19(29(31)32)23(20-11-5-2-6-12-20)24(21-13-7-3-8-14-21)25(30)26-27-17-18-28(26)22-15-9-4-10-16-22/h2-18,23-24H,1H2/t23-,24-/m0/s1. The van der Waals surface area contributed by atoms with Gasteiger partial charge in [0.05, 0.1) is 16.8 Å². The summed E-state index contributed by atoms with van der Waals surface area (Å²) >= 11 is 0. The second-order valence-corrected chi connectivity index (χ2v) is 7.35. The summed E-state index contributed by atoms with van der Waals surface area (Å²) in [6.45, 7) is 3.74. The number of hydrogen-bond donors (Lipinski definition) is 0. The molecule has 158 valence electrons. The van der Waals surface area contributed by atoms with Crippen molar-refractivity contribution in [1.82, 2.24) is 9.55 Å². The van der Waals surface area contributed by atoms with Gasteiger partial charge in [-0.25, -0.2) is 4.98 Å². The Morgan fingerprint density at radius 1 is 0.844 bits per heavy atom. The number of allylic oxidation sites excluding steroid dienone is 1. The third kappa shape index (κ3) is 4.11. The molecule has 2 atom stereocenters. The number of ketones is 1. The van der Waals surface area contributed by atoms with Crippen LogP contribution >= 0.6 is 0 Å². The highest BCUT2D eigenvalue weighted by Gasteiger charge is 2.40. The number of hydrogen-bond acceptors (Lipinski definition) is 4. The summed E-state index contributed by atoms with van der Waals surface area (Å²) in [5.74, 6) is -1.84. The minimum Gasteiger partial charge on any atom is -0.297 e. The summed E-state index contributed by atoms with van der Waals surface area (Å²) in [5.41, 5.74) is 1.85. The van der Waals surface area contributed by atoms with Gasteiger partial charge in [0, 0.05) is 18.1 Å². The molecule has 0 saturated carbocycles. The molecule has 1 aromatic heterocycles. The van der Waals surface area contributed by atoms with Crippen molar-refractivity contribution in [1.29, 1.82) is 0 Å². The molecule has 6 heteroatoms. The summed E-state index contributed by atoms with van der Waals surface area (Å²) in [6, 6.07) is 27.5. The molecule has 0 aliphatic heterocycles. The minimum atomic E-state index is -0.874. The zero-order valence-corrected chi connectivity index (χ0v) is 17.2. The highest BCUT2D eigenvalue weighted by Crippen LogP contribution is 2.40. The maximum atomic E-state index is 14.0. The van der Waals surface area contributed by atoms with Gasteiger partial charge in [0.2, 0.25) is 11.5 Å². The number of Topliss-reactive ketones (excluding diaryl/α,β-unsaturated/α-hetero) is 1. The van der Waals surface area contributed by atoms with E-state index in [1.54, 1.807) is 41.2 Å². The normalized spacial score (nSPS) is 12.6. The summed E-state index contributed by atoms with van der Waals surface area (Å²) in [7, 11) is 0. The van der Waals surface area contributed by atoms with Crippen molar-refractivity contribution in [3.05, 3.63) is 143 Å². The lowest BCUT2D eigenvalue weighted by molar-refractivity contribution is -0.429. The van der Waals surface area contributed by atoms with Crippen LogP contribution in [0.2, 0.25) is 0 Å². The topological polar surface area (TPSA) is 78.0 Å². The van der Waals surface area contributed by atoms with E-state index in [1.807, 2.05) is 66.7 Å². The Kier molecular flexibility index (Phi) is 6.03. The lowest BCUT2D eigenvalue weighted by Gasteiger charge is -2.25. The molecule has 0 spiro atoms. The smallest absolute Gasteiger partial charge is 0.247 e. The van der Waals surface area contributed by atoms with E-state index in [-0.39, 0.29) is 17.3 Å². The molecule has 0 aliphatic rings. The van der Waals surface area contributed by atoms with Crippen molar-refractivity contribution in [2.45, 2.75) is 11.8 Å². The van der Waals surface area contributed by atoms with Crippen molar-refractivity contribution in [2.24, 2.45) is 0 Å². The molecule has 0 fully saturated rings. The van der Waals surface area contributed by atoms with Crippen molar-refractivity contribution in [2.75, 3.05) is 0 Å². The van der Waals surface area contributed by atoms with Gasteiger partial charge in [-0.1, -0.05) is 78.9 Å². The fourth-order valence-electron chi connectivity index (χ4n) is 3.93. The van der Waals surface area contributed by atoms with Gasteiger partial charge < -0.3 is 0 Å². The SMILES string of the molecule is C=C([C@@H](c1ccccc1)[C@@H](C(=O)c1nccn1-c1ccccc1)c1ccccc1)[N+](=O)[O-]. The van der Waals surface area contributed by atoms with Crippen LogP contribution in [0.1, 0.15) is 33.6 Å². The second-order valence-electron chi connectivity index (χ2n) is 7.35. The molecule has 0 unspecified atom stereocenters. The maximum Gasteiger partial charge on any atom is 0.247 e. The number of benzene rings is 3. The first-order valence-electron chi connectivity index (χ1n) is 10.1. The molecule has 0 N–H and O–H groups in total. The van der Waals surface area contributed by atoms with Crippen LogP contribution in [0.4, 0.5) is 0 Å². The van der Waals surface area contributed by atoms with Crippen LogP contribution in [0, 0.1) is 10.1 Å². The van der Waals surface area contributed by atoms with Gasteiger partial charge in [-0.15, -0.1) is 0 Å². The minimum absolute atomic E-state index is 0.210. The van der Waals surface area contributed by atoms with Crippen LogP contribution in [0.3, 0.4) is 0 Å². The Balaban J connectivity index is 1.89. The highest BCUT2D eigenvalue weighted by molar-refractivity contribution is 5.99. The molecule has 3 aromatic carbocycles. The van der Waals surface area contributed by atoms with Crippen LogP contribution < -0.4 is 0 Å². The van der Waals surface area contributed by atoms with E-state index in [1.165, 1.54) is 0 Å². The fourth-order valence-corrected chi connectivity index (χ4v) is 3.93. The Labute approximate surface area is 185 Å². The first-order valence-corrected chi connectivity index (χ1v) is 10.1. The molecule has 0 aliphatic carbocycles. The first-order chi connectivity index (χ1) is 15.6. The first kappa shape index (κ1) is 20.9. The third-order valence-electron chi connectivity index (χ3n) is 5.42. The average molecular weight is 423 g/mol. The number of carbonyl (C=O) groups is 1. The zero-order chi connectivity index (χ0) is 22.5. The number of para-hydroxylation sites is 1. The molecule has 1 heterocycles. The molecule has 4 aromatic rings. The lowest BCUT2D eigenvalue weighted by Crippen LogP contribution is -2.26. The molecule has 0 saturated heterocycles. The Bertz CT molecular complexity index is 1240. The van der Waals surface area contributed by atoms with Gasteiger partial charge in [-0.3, -0.25) is 19.5 Å². The molecule has 0 bridgehead atoms. The van der Waals surface area contributed by atoms with E-state index >= 15 is 0 Å². The highest BCUT2D eigenvalue weighted by atomic mass is 16.6. The Hall–Kier alpha value is -4.32. The van der Waals surface area contributed by atoms with Crippen LogP contribution in [-0.4, -0.2) is 20.3 Å². The van der Waals surface area contributed by atoms with Gasteiger partial charge in [-0.2, -0.15) is 0 Å². The maximum absolute atomic E-state index is 14.0. The van der Waals surface area contributed by atoms with Gasteiger partial charge in [0.1, 0.15) is 0 Å². The monoisotopic (exact) mass is 423 g/mol. The summed E-state index contributed by atoms with van der Waals surface area (Å²) in [5, 5.41) is 11.8. The van der Waals surface area contributed by atoms with Gasteiger partial charge in [0.25, 0.3) is 0 Å². The summed E-state index contributed by atoms with van der Waals surface area (Å²) in [6.07, 6.45) is 3.27. The van der Waals surface area contributed by atoms with E-state index in [4.69, 9.17) is 0 Å². The zero-order valence-electron chi connectivity index (χ0n) is 17.2. The lowest BCUT2D eigenvalue weighted by atomic mass is 9.77. The molecule has 6 nitrogen and oxygen atoms in total. The fraction of sp³-hybridized carbons (Fsp3) is 0.0769. The van der Waals surface area contributed by atoms with Gasteiger partial charge in [0.15, 0.2) is 5.82 Å². The van der Waals surface area contributed by atoms with Crippen molar-refractivity contribution >= 4 is 5.78 Å². The van der Waals surface area contributed by atoms with Gasteiger partial charge in [-0.05, 0) is 29.8 Å². The number of nitrogens with zero attached hydrogens (tertiary/aromatic N) is 3. The number of aromatic nitrogens is 2. The number of rotatable bonds is 8. The molecular formula is C26H21N3O3. The molecule has 4 rings (SSSR count). The van der Waals surface area contributed by atoms with E-state index in [0.29, 0.717) is 11.1 Å². The van der Waals surface area contributed by atoms with E-state index in [2.05, 4.69) is 11.6 Å². The summed E-state index contributed by atoms with van der Waals surface area (Å²) in [4.78, 5) is 29.6. The van der Waals surface area contributed by atoms with Gasteiger partial charge >= 0.3 is 0 Å². The number of nitro groups is 1. The molecule has 0 radical (unpaired) electrons. The summed E-state index contributed by atoms with van der Waals surface area (Å²) < 4.78 is 1.70. The molecule has 0 amide bonds. The van der Waals surface area contributed by atoms with Crippen molar-refractivity contribution in [3.63, 3.8) is 0 Å². The average Bonchev–Trinajstić information content (AvgIpc) is 3.33. The predicted molar refractivity (Wildman–Crippen MR) is 122 cm³/mol. The van der Waals surface area contributed by atoms with Crippen LogP contribution in [-0.2, 0) is 0 Å². The van der Waals surface area contributed by atoms with Crippen molar-refractivity contribution < 1.29 is 9.72 Å². The predicted octanol–water partition coefficient (Wildman–Crippen LogP) is 5.41. The van der Waals surface area contributed by atoms with Crippen LogP contribution in [0.15, 0.2) is 116 Å². The second kappa shape index (κ2) is 9.22. The number of imidazole rings is 1. The van der Waals surface area contributed by atoms with Crippen LogP contribution in [0.5, 0.6) is 0 Å². The molecular weight excluding hydrogens is 402 g/mol. The third-order valence-corrected chi connectivity index (χ3v) is 5.42. The van der Waals surface area contributed by atoms with E-state index in [9.17, 15) is 14.9 Å². The van der Waals surface area contributed by atoms with E-state index in [0.717, 1.165) is 5.69 Å². The van der Waals surface area contributed by atoms with E-state index < -0.39 is 16.8 Å². The van der Waals surface area contributed by atoms with Crippen LogP contribution in [0.25, 0.3) is 5.69 Å². The Morgan fingerprint density at radius 2 is 1.34 bits per heavy atom. The van der Waals surface area contributed by atoms with Crippen molar-refractivity contribution in [3.8, 4) is 5.69 Å². The quantitative estimate of drug-likeness (QED) is 0.216. The molecule has 32 heavy (non-hydrogen) atoms. The Morgan fingerprint density at radius 3 is 1.88 bits per heavy atom. The largest absolute Gasteiger partial charge is 0.297 e.